The number of carbonyl (C=O) groups is 1. The SMILES string of the molecule is CC(C)CN(CC(C)C)CC1C(O)CCC2C(=O)C(c3ccc(Cl)cc3Cl)=COC21. The van der Waals surface area contributed by atoms with E-state index in [1.165, 1.54) is 0 Å². The van der Waals surface area contributed by atoms with Gasteiger partial charge in [0, 0.05) is 36.1 Å². The van der Waals surface area contributed by atoms with Crippen LogP contribution in [0, 0.1) is 23.7 Å². The van der Waals surface area contributed by atoms with E-state index >= 15 is 0 Å². The number of hydrogen-bond donors (Lipinski definition) is 1. The molecule has 1 saturated carbocycles. The summed E-state index contributed by atoms with van der Waals surface area (Å²) in [6.07, 6.45) is 2.00. The van der Waals surface area contributed by atoms with Crippen LogP contribution in [0.3, 0.4) is 0 Å². The molecule has 2 aliphatic rings. The minimum Gasteiger partial charge on any atom is -0.496 e. The van der Waals surface area contributed by atoms with Gasteiger partial charge in [0.15, 0.2) is 5.78 Å². The van der Waals surface area contributed by atoms with Crippen LogP contribution in [0.25, 0.3) is 5.57 Å². The fraction of sp³-hybridized carbons (Fsp3) is 0.625. The highest BCUT2D eigenvalue weighted by Gasteiger charge is 2.46. The van der Waals surface area contributed by atoms with E-state index < -0.39 is 6.10 Å². The summed E-state index contributed by atoms with van der Waals surface area (Å²) in [5.41, 5.74) is 1.14. The quantitative estimate of drug-likeness (QED) is 0.607. The van der Waals surface area contributed by atoms with Crippen molar-refractivity contribution in [3.8, 4) is 0 Å². The maximum Gasteiger partial charge on any atom is 0.173 e. The molecule has 30 heavy (non-hydrogen) atoms. The number of benzene rings is 1. The van der Waals surface area contributed by atoms with Crippen molar-refractivity contribution in [1.82, 2.24) is 4.90 Å². The maximum absolute atomic E-state index is 13.4. The van der Waals surface area contributed by atoms with Crippen LogP contribution in [-0.4, -0.2) is 47.6 Å². The number of ketones is 1. The summed E-state index contributed by atoms with van der Waals surface area (Å²) in [5.74, 6) is 0.765. The molecule has 0 saturated heterocycles. The molecule has 0 radical (unpaired) electrons. The van der Waals surface area contributed by atoms with Crippen LogP contribution in [0.5, 0.6) is 0 Å². The number of allylic oxidation sites excluding steroid dienone is 1. The second-order valence-corrected chi connectivity index (χ2v) is 10.4. The molecule has 1 heterocycles. The Morgan fingerprint density at radius 3 is 2.40 bits per heavy atom. The summed E-state index contributed by atoms with van der Waals surface area (Å²) in [4.78, 5) is 15.8. The Labute approximate surface area is 190 Å². The van der Waals surface area contributed by atoms with E-state index in [0.29, 0.717) is 45.9 Å². The molecule has 1 aromatic carbocycles. The van der Waals surface area contributed by atoms with Crippen molar-refractivity contribution in [1.29, 1.82) is 0 Å². The average Bonchev–Trinajstić information content (AvgIpc) is 2.64. The first-order valence-electron chi connectivity index (χ1n) is 10.9. The number of halogens is 2. The zero-order valence-electron chi connectivity index (χ0n) is 18.3. The Morgan fingerprint density at radius 1 is 1.13 bits per heavy atom. The number of rotatable bonds is 7. The lowest BCUT2D eigenvalue weighted by atomic mass is 9.72. The molecule has 0 spiro atoms. The lowest BCUT2D eigenvalue weighted by Crippen LogP contribution is -2.52. The van der Waals surface area contributed by atoms with Crippen molar-refractivity contribution in [3.05, 3.63) is 40.1 Å². The van der Waals surface area contributed by atoms with Crippen molar-refractivity contribution in [3.63, 3.8) is 0 Å². The van der Waals surface area contributed by atoms with E-state index in [1.807, 2.05) is 0 Å². The summed E-state index contributed by atoms with van der Waals surface area (Å²) in [6.45, 7) is 11.5. The van der Waals surface area contributed by atoms with E-state index in [0.717, 1.165) is 19.6 Å². The van der Waals surface area contributed by atoms with E-state index in [1.54, 1.807) is 24.5 Å². The highest BCUT2D eigenvalue weighted by atomic mass is 35.5. The topological polar surface area (TPSA) is 49.8 Å². The van der Waals surface area contributed by atoms with Crippen LogP contribution < -0.4 is 0 Å². The number of nitrogens with zero attached hydrogens (tertiary/aromatic N) is 1. The molecule has 4 nitrogen and oxygen atoms in total. The number of carbonyl (C=O) groups excluding carboxylic acids is 1. The average molecular weight is 454 g/mol. The van der Waals surface area contributed by atoms with Crippen molar-refractivity contribution in [2.24, 2.45) is 23.7 Å². The van der Waals surface area contributed by atoms with Gasteiger partial charge in [-0.15, -0.1) is 0 Å². The number of aliphatic hydroxyl groups is 1. The molecule has 1 aromatic rings. The molecule has 1 N–H and O–H groups in total. The zero-order chi connectivity index (χ0) is 22.0. The molecular formula is C24H33Cl2NO3. The predicted molar refractivity (Wildman–Crippen MR) is 123 cm³/mol. The van der Waals surface area contributed by atoms with Gasteiger partial charge in [-0.05, 0) is 36.8 Å². The highest BCUT2D eigenvalue weighted by Crippen LogP contribution is 2.41. The van der Waals surface area contributed by atoms with Gasteiger partial charge in [0.1, 0.15) is 6.10 Å². The van der Waals surface area contributed by atoms with E-state index in [9.17, 15) is 9.90 Å². The van der Waals surface area contributed by atoms with Crippen LogP contribution in [0.1, 0.15) is 46.1 Å². The fourth-order valence-electron chi connectivity index (χ4n) is 4.81. The highest BCUT2D eigenvalue weighted by molar-refractivity contribution is 6.37. The summed E-state index contributed by atoms with van der Waals surface area (Å²) in [7, 11) is 0. The van der Waals surface area contributed by atoms with Crippen molar-refractivity contribution in [2.75, 3.05) is 19.6 Å². The first-order valence-corrected chi connectivity index (χ1v) is 11.7. The zero-order valence-corrected chi connectivity index (χ0v) is 19.8. The number of fused-ring (bicyclic) bond motifs is 1. The van der Waals surface area contributed by atoms with E-state index in [4.69, 9.17) is 27.9 Å². The first-order chi connectivity index (χ1) is 14.2. The van der Waals surface area contributed by atoms with Gasteiger partial charge in [-0.25, -0.2) is 0 Å². The van der Waals surface area contributed by atoms with Gasteiger partial charge in [-0.2, -0.15) is 0 Å². The lowest BCUT2D eigenvalue weighted by molar-refractivity contribution is -0.133. The molecule has 0 aromatic heterocycles. The molecule has 1 aliphatic carbocycles. The number of Topliss-reactive ketones (excluding diaryl/α,β-unsaturated/α-hetero) is 1. The predicted octanol–water partition coefficient (Wildman–Crippen LogP) is 5.30. The van der Waals surface area contributed by atoms with Crippen LogP contribution >= 0.6 is 23.2 Å². The monoisotopic (exact) mass is 453 g/mol. The maximum atomic E-state index is 13.4. The largest absolute Gasteiger partial charge is 0.496 e. The second kappa shape index (κ2) is 10.0. The normalized spacial score (nSPS) is 26.7. The fourth-order valence-corrected chi connectivity index (χ4v) is 5.32. The molecule has 1 aliphatic heterocycles. The number of hydrogen-bond acceptors (Lipinski definition) is 4. The minimum absolute atomic E-state index is 0.0478. The summed E-state index contributed by atoms with van der Waals surface area (Å²) in [6, 6.07) is 5.13. The number of ether oxygens (including phenoxy) is 1. The van der Waals surface area contributed by atoms with E-state index in [-0.39, 0.29) is 23.7 Å². The Balaban J connectivity index is 1.83. The van der Waals surface area contributed by atoms with E-state index in [2.05, 4.69) is 32.6 Å². The van der Waals surface area contributed by atoms with Gasteiger partial charge in [-0.3, -0.25) is 4.79 Å². The first kappa shape index (κ1) is 23.6. The van der Waals surface area contributed by atoms with Crippen LogP contribution in [0.15, 0.2) is 24.5 Å². The van der Waals surface area contributed by atoms with Crippen LogP contribution in [0.4, 0.5) is 0 Å². The van der Waals surface area contributed by atoms with Gasteiger partial charge in [0.05, 0.1) is 28.9 Å². The third-order valence-electron chi connectivity index (χ3n) is 5.97. The van der Waals surface area contributed by atoms with Crippen LogP contribution in [-0.2, 0) is 9.53 Å². The Kier molecular flexibility index (Phi) is 7.89. The van der Waals surface area contributed by atoms with Crippen molar-refractivity contribution in [2.45, 2.75) is 52.7 Å². The number of aliphatic hydroxyl groups excluding tert-OH is 1. The molecule has 4 unspecified atom stereocenters. The summed E-state index contributed by atoms with van der Waals surface area (Å²) in [5, 5.41) is 11.8. The second-order valence-electron chi connectivity index (χ2n) is 9.54. The third kappa shape index (κ3) is 5.40. The minimum atomic E-state index is -0.463. The Morgan fingerprint density at radius 2 is 1.80 bits per heavy atom. The third-order valence-corrected chi connectivity index (χ3v) is 6.52. The molecular weight excluding hydrogens is 421 g/mol. The van der Waals surface area contributed by atoms with Gasteiger partial charge < -0.3 is 14.7 Å². The molecule has 4 atom stereocenters. The summed E-state index contributed by atoms with van der Waals surface area (Å²) < 4.78 is 6.14. The summed E-state index contributed by atoms with van der Waals surface area (Å²) >= 11 is 12.3. The van der Waals surface area contributed by atoms with Crippen molar-refractivity contribution < 1.29 is 14.6 Å². The Bertz CT molecular complexity index is 783. The molecule has 6 heteroatoms. The molecule has 0 amide bonds. The lowest BCUT2D eigenvalue weighted by Gasteiger charge is -2.44. The smallest absolute Gasteiger partial charge is 0.173 e. The molecule has 0 bridgehead atoms. The van der Waals surface area contributed by atoms with Gasteiger partial charge in [-0.1, -0.05) is 57.0 Å². The van der Waals surface area contributed by atoms with Gasteiger partial charge in [0.2, 0.25) is 0 Å². The molecule has 166 valence electrons. The van der Waals surface area contributed by atoms with Gasteiger partial charge >= 0.3 is 0 Å². The van der Waals surface area contributed by atoms with Crippen molar-refractivity contribution >= 4 is 34.6 Å². The molecule has 1 fully saturated rings. The Hall–Kier alpha value is -1.07. The van der Waals surface area contributed by atoms with Crippen LogP contribution in [0.2, 0.25) is 10.0 Å². The standard InChI is InChI=1S/C24H33Cl2NO3/c1-14(2)10-27(11-15(3)4)12-19-22(28)8-7-18-23(29)20(13-30-24(18)19)17-6-5-16(25)9-21(17)26/h5-6,9,13-15,18-19,22,24,28H,7-8,10-12H2,1-4H3. The molecule has 3 rings (SSSR count). The van der Waals surface area contributed by atoms with Gasteiger partial charge in [0.25, 0.3) is 0 Å².